The summed E-state index contributed by atoms with van der Waals surface area (Å²) in [6, 6.07) is 0. The third kappa shape index (κ3) is 41.7. The van der Waals surface area contributed by atoms with Crippen molar-refractivity contribution in [3.05, 3.63) is 0 Å². The number of likely N-dealkylation sites (tertiary alicyclic amines) is 1. The Bertz CT molecular complexity index is 1600. The number of rotatable bonds is 53. The van der Waals surface area contributed by atoms with Gasteiger partial charge in [0.05, 0.1) is 30.8 Å². The molecular formula is C55H101N4O14PS. The molecule has 0 saturated carbocycles. The fraction of sp³-hybridized carbons (Fsp3) is 0.873. The highest BCUT2D eigenvalue weighted by atomic mass is 32.2. The van der Waals surface area contributed by atoms with Gasteiger partial charge in [-0.1, -0.05) is 194 Å². The minimum atomic E-state index is -4.68. The second kappa shape index (κ2) is 48.1. The zero-order valence-electron chi connectivity index (χ0n) is 46.6. The smallest absolute Gasteiger partial charge is 0.462 e. The van der Waals surface area contributed by atoms with Crippen LogP contribution in [0.25, 0.3) is 0 Å². The lowest BCUT2D eigenvalue weighted by Gasteiger charge is -2.20. The van der Waals surface area contributed by atoms with Crippen LogP contribution < -0.4 is 16.0 Å². The summed E-state index contributed by atoms with van der Waals surface area (Å²) in [5, 5.41) is 6.86. The van der Waals surface area contributed by atoms with Gasteiger partial charge < -0.3 is 35.1 Å². The lowest BCUT2D eigenvalue weighted by atomic mass is 10.0. The first-order valence-corrected chi connectivity index (χ1v) is 31.6. The third-order valence-corrected chi connectivity index (χ3v) is 15.2. The summed E-state index contributed by atoms with van der Waals surface area (Å²) in [7, 11) is -3.20. The number of phosphoric ester groups is 1. The first kappa shape index (κ1) is 69.9. The molecule has 0 spiro atoms. The minimum Gasteiger partial charge on any atom is -0.462 e. The molecule has 1 fully saturated rings. The van der Waals surface area contributed by atoms with E-state index in [1.807, 2.05) is 0 Å². The van der Waals surface area contributed by atoms with E-state index in [9.17, 15) is 43.0 Å². The van der Waals surface area contributed by atoms with Crippen molar-refractivity contribution in [1.29, 1.82) is 0 Å². The van der Waals surface area contributed by atoms with Crippen molar-refractivity contribution in [3.63, 3.8) is 0 Å². The number of carbonyl (C=O) groups is 7. The fourth-order valence-electron chi connectivity index (χ4n) is 8.51. The SMILES string of the molecule is CCCCCCCCCCCCCCCCCC(=O)OC[C@H](COP(=O)(O)OCCNC(=O)COCCNC(=O)CCN1C(=O)CC(SCC(=O)NC)C1=O)OC(=O)CCCCCCCCCCCCCCCCC. The van der Waals surface area contributed by atoms with Crippen LogP contribution in [0.2, 0.25) is 0 Å². The van der Waals surface area contributed by atoms with Gasteiger partial charge in [-0.15, -0.1) is 11.8 Å². The first-order valence-electron chi connectivity index (χ1n) is 29.1. The molecule has 0 aliphatic carbocycles. The molecular weight excluding hydrogens is 1000 g/mol. The van der Waals surface area contributed by atoms with Crippen molar-refractivity contribution in [1.82, 2.24) is 20.9 Å². The summed E-state index contributed by atoms with van der Waals surface area (Å²) in [5.74, 6) is -3.00. The van der Waals surface area contributed by atoms with Crippen molar-refractivity contribution < 1.29 is 66.3 Å². The van der Waals surface area contributed by atoms with Crippen LogP contribution in [-0.4, -0.2) is 128 Å². The molecule has 2 unspecified atom stereocenters. The van der Waals surface area contributed by atoms with Gasteiger partial charge in [-0.25, -0.2) is 4.57 Å². The maximum Gasteiger partial charge on any atom is 0.472 e. The molecule has 18 nitrogen and oxygen atoms in total. The molecule has 1 rings (SSSR count). The van der Waals surface area contributed by atoms with Gasteiger partial charge in [-0.3, -0.25) is 47.5 Å². The number of imide groups is 1. The normalized spacial score (nSPS) is 14.7. The summed E-state index contributed by atoms with van der Waals surface area (Å²) >= 11 is 1.08. The van der Waals surface area contributed by atoms with Crippen LogP contribution in [0, 0.1) is 0 Å². The Labute approximate surface area is 455 Å². The number of hydrogen-bond donors (Lipinski definition) is 4. The van der Waals surface area contributed by atoms with E-state index in [0.717, 1.165) is 55.2 Å². The molecule has 4 N–H and O–H groups in total. The summed E-state index contributed by atoms with van der Waals surface area (Å²) < 4.78 is 39.2. The number of hydrogen-bond acceptors (Lipinski definition) is 14. The van der Waals surface area contributed by atoms with E-state index in [1.165, 1.54) is 148 Å². The monoisotopic (exact) mass is 1100 g/mol. The molecule has 3 atom stereocenters. The van der Waals surface area contributed by atoms with Gasteiger partial charge in [0.25, 0.3) is 0 Å². The minimum absolute atomic E-state index is 0.0187. The van der Waals surface area contributed by atoms with Gasteiger partial charge in [0.2, 0.25) is 29.5 Å². The van der Waals surface area contributed by atoms with Crippen LogP contribution in [-0.2, 0) is 61.4 Å². The van der Waals surface area contributed by atoms with Crippen LogP contribution in [0.4, 0.5) is 0 Å². The number of ether oxygens (including phenoxy) is 3. The van der Waals surface area contributed by atoms with Crippen LogP contribution in [0.3, 0.4) is 0 Å². The van der Waals surface area contributed by atoms with Gasteiger partial charge in [0.15, 0.2) is 6.10 Å². The number of nitrogens with zero attached hydrogens (tertiary/aromatic N) is 1. The zero-order valence-corrected chi connectivity index (χ0v) is 48.3. The Hall–Kier alpha value is -3.09. The van der Waals surface area contributed by atoms with Crippen molar-refractivity contribution in [2.75, 3.05) is 65.5 Å². The molecule has 75 heavy (non-hydrogen) atoms. The van der Waals surface area contributed by atoms with Crippen molar-refractivity contribution in [2.24, 2.45) is 0 Å². The molecule has 0 bridgehead atoms. The largest absolute Gasteiger partial charge is 0.472 e. The zero-order chi connectivity index (χ0) is 55.0. The fourth-order valence-corrected chi connectivity index (χ4v) is 10.3. The van der Waals surface area contributed by atoms with Crippen molar-refractivity contribution >= 4 is 61.1 Å². The van der Waals surface area contributed by atoms with E-state index in [0.29, 0.717) is 12.8 Å². The summed E-state index contributed by atoms with van der Waals surface area (Å²) in [4.78, 5) is 97.7. The highest BCUT2D eigenvalue weighted by Crippen LogP contribution is 2.43. The van der Waals surface area contributed by atoms with Gasteiger partial charge in [0.1, 0.15) is 13.2 Å². The quantitative estimate of drug-likeness (QED) is 0.0192. The van der Waals surface area contributed by atoms with Gasteiger partial charge >= 0.3 is 19.8 Å². The predicted molar refractivity (Wildman–Crippen MR) is 295 cm³/mol. The molecule has 0 aromatic rings. The average molecular weight is 1110 g/mol. The number of thioether (sulfide) groups is 1. The molecule has 20 heteroatoms. The lowest BCUT2D eigenvalue weighted by Crippen LogP contribution is -2.36. The van der Waals surface area contributed by atoms with E-state index < -0.39 is 68.0 Å². The Morgan fingerprint density at radius 2 is 1.05 bits per heavy atom. The lowest BCUT2D eigenvalue weighted by molar-refractivity contribution is -0.161. The summed E-state index contributed by atoms with van der Waals surface area (Å²) in [6.07, 6.45) is 35.2. The first-order chi connectivity index (χ1) is 36.3. The Balaban J connectivity index is 2.39. The molecule has 1 aliphatic heterocycles. The Kier molecular flexibility index (Phi) is 44.8. The van der Waals surface area contributed by atoms with Crippen molar-refractivity contribution in [3.8, 4) is 0 Å². The number of nitrogens with one attached hydrogen (secondary N) is 3. The molecule has 436 valence electrons. The third-order valence-electron chi connectivity index (χ3n) is 13.1. The average Bonchev–Trinajstić information content (AvgIpc) is 3.66. The number of unbranched alkanes of at least 4 members (excludes halogenated alkanes) is 28. The van der Waals surface area contributed by atoms with Gasteiger partial charge in [-0.2, -0.15) is 0 Å². The van der Waals surface area contributed by atoms with Crippen LogP contribution in [0.1, 0.15) is 232 Å². The standard InChI is InChI=1S/C55H101N4O14PS/c1-4-6-8-10-12-14-16-18-20-22-24-26-28-30-32-34-53(64)70-43-47(73-54(65)35-33-31-29-27-25-23-21-19-17-15-13-11-9-7-5-2)44-72-74(67,68)71-41-38-58-50(61)45-69-40-37-57-49(60)36-39-59-52(63)42-48(55(59)66)75-46-51(62)56-3/h47-48H,4-46H2,1-3H3,(H,56,62)(H,57,60)(H,58,61)(H,67,68)/t47-,48?/m1/s1. The number of amides is 5. The topological polar surface area (TPSA) is 242 Å². The van der Waals surface area contributed by atoms with E-state index in [-0.39, 0.29) is 76.8 Å². The van der Waals surface area contributed by atoms with E-state index in [4.69, 9.17) is 23.3 Å². The molecule has 0 aromatic heterocycles. The second-order valence-corrected chi connectivity index (χ2v) is 22.5. The molecule has 5 amide bonds. The van der Waals surface area contributed by atoms with Gasteiger partial charge in [-0.05, 0) is 12.8 Å². The number of carbonyl (C=O) groups excluding carboxylic acids is 7. The Morgan fingerprint density at radius 3 is 1.55 bits per heavy atom. The number of esters is 2. The van der Waals surface area contributed by atoms with Crippen LogP contribution >= 0.6 is 19.6 Å². The number of phosphoric acid groups is 1. The maximum atomic E-state index is 12.9. The van der Waals surface area contributed by atoms with E-state index >= 15 is 0 Å². The summed E-state index contributed by atoms with van der Waals surface area (Å²) in [5.41, 5.74) is 0. The molecule has 0 radical (unpaired) electrons. The van der Waals surface area contributed by atoms with Crippen molar-refractivity contribution in [2.45, 2.75) is 244 Å². The molecule has 1 heterocycles. The van der Waals surface area contributed by atoms with Crippen LogP contribution in [0.5, 0.6) is 0 Å². The summed E-state index contributed by atoms with van der Waals surface area (Å²) in [6.45, 7) is 2.59. The highest BCUT2D eigenvalue weighted by Gasteiger charge is 2.39. The molecule has 0 aromatic carbocycles. The van der Waals surface area contributed by atoms with Crippen LogP contribution in [0.15, 0.2) is 0 Å². The van der Waals surface area contributed by atoms with Gasteiger partial charge in [0, 0.05) is 52.4 Å². The second-order valence-electron chi connectivity index (χ2n) is 19.9. The van der Waals surface area contributed by atoms with E-state index in [1.54, 1.807) is 0 Å². The maximum absolute atomic E-state index is 12.9. The molecule has 1 saturated heterocycles. The Morgan fingerprint density at radius 1 is 0.600 bits per heavy atom. The predicted octanol–water partition coefficient (Wildman–Crippen LogP) is 10.3. The van der Waals surface area contributed by atoms with E-state index in [2.05, 4.69) is 29.8 Å². The molecule has 1 aliphatic rings. The highest BCUT2D eigenvalue weighted by molar-refractivity contribution is 8.01.